The molecule has 1 aromatic heterocycles. The Hall–Kier alpha value is -1.93. The minimum absolute atomic E-state index is 0.0408. The predicted octanol–water partition coefficient (Wildman–Crippen LogP) is 1.35. The molecule has 0 saturated carbocycles. The number of halogens is 1. The predicted molar refractivity (Wildman–Crippen MR) is 77.6 cm³/mol. The highest BCUT2D eigenvalue weighted by Gasteiger charge is 2.15. The van der Waals surface area contributed by atoms with E-state index in [9.17, 15) is 12.8 Å². The van der Waals surface area contributed by atoms with Crippen molar-refractivity contribution >= 4 is 15.7 Å². The molecule has 1 aromatic carbocycles. The zero-order valence-electron chi connectivity index (χ0n) is 11.6. The van der Waals surface area contributed by atoms with Gasteiger partial charge < -0.3 is 5.73 Å². The third kappa shape index (κ3) is 3.79. The summed E-state index contributed by atoms with van der Waals surface area (Å²) in [5.41, 5.74) is 7.22. The molecule has 4 N–H and O–H groups in total. The van der Waals surface area contributed by atoms with Crippen molar-refractivity contribution in [1.82, 2.24) is 14.9 Å². The molecule has 0 aliphatic heterocycles. The molecule has 2 rings (SSSR count). The van der Waals surface area contributed by atoms with E-state index >= 15 is 0 Å². The second-order valence-electron chi connectivity index (χ2n) is 4.70. The number of nitrogens with one attached hydrogen (secondary N) is 2. The monoisotopic (exact) mass is 312 g/mol. The molecule has 0 radical (unpaired) electrons. The Labute approximate surface area is 122 Å². The summed E-state index contributed by atoms with van der Waals surface area (Å²) in [5, 5.41) is 6.73. The minimum Gasteiger partial charge on any atom is -0.396 e. The van der Waals surface area contributed by atoms with Crippen molar-refractivity contribution in [3.63, 3.8) is 0 Å². The highest BCUT2D eigenvalue weighted by atomic mass is 32.2. The fraction of sp³-hybridized carbons (Fsp3) is 0.308. The SMILES string of the molecule is Cc1[nH]ncc1CCCNS(=O)(=O)c1ccc(F)c(N)c1. The van der Waals surface area contributed by atoms with E-state index in [-0.39, 0.29) is 17.1 Å². The molecule has 8 heteroatoms. The van der Waals surface area contributed by atoms with Crippen LogP contribution in [-0.2, 0) is 16.4 Å². The molecular weight excluding hydrogens is 295 g/mol. The van der Waals surface area contributed by atoms with Gasteiger partial charge in [0.2, 0.25) is 10.0 Å². The van der Waals surface area contributed by atoms with E-state index in [1.54, 1.807) is 6.20 Å². The van der Waals surface area contributed by atoms with Gasteiger partial charge in [-0.25, -0.2) is 17.5 Å². The van der Waals surface area contributed by atoms with Gasteiger partial charge in [-0.15, -0.1) is 0 Å². The van der Waals surface area contributed by atoms with Gasteiger partial charge in [0.15, 0.2) is 0 Å². The summed E-state index contributed by atoms with van der Waals surface area (Å²) in [4.78, 5) is -0.0408. The van der Waals surface area contributed by atoms with Gasteiger partial charge >= 0.3 is 0 Å². The van der Waals surface area contributed by atoms with Crippen LogP contribution in [0.3, 0.4) is 0 Å². The Balaban J connectivity index is 1.92. The quantitative estimate of drug-likeness (QED) is 0.553. The van der Waals surface area contributed by atoms with Crippen LogP contribution < -0.4 is 10.5 Å². The lowest BCUT2D eigenvalue weighted by Crippen LogP contribution is -2.25. The molecule has 0 aliphatic rings. The number of nitrogen functional groups attached to an aromatic ring is 1. The van der Waals surface area contributed by atoms with Crippen LogP contribution in [0.1, 0.15) is 17.7 Å². The number of aromatic amines is 1. The molecule has 0 aliphatic carbocycles. The number of benzene rings is 1. The van der Waals surface area contributed by atoms with Crippen molar-refractivity contribution in [3.05, 3.63) is 41.5 Å². The Kier molecular flexibility index (Phi) is 4.59. The Morgan fingerprint density at radius 1 is 1.43 bits per heavy atom. The van der Waals surface area contributed by atoms with Gasteiger partial charge in [0.25, 0.3) is 0 Å². The molecule has 21 heavy (non-hydrogen) atoms. The summed E-state index contributed by atoms with van der Waals surface area (Å²) in [6.45, 7) is 2.19. The van der Waals surface area contributed by atoms with E-state index in [0.717, 1.165) is 29.8 Å². The summed E-state index contributed by atoms with van der Waals surface area (Å²) < 4.78 is 39.5. The molecule has 0 fully saturated rings. The van der Waals surface area contributed by atoms with Crippen LogP contribution in [0.4, 0.5) is 10.1 Å². The smallest absolute Gasteiger partial charge is 0.240 e. The number of rotatable bonds is 6. The van der Waals surface area contributed by atoms with Crippen LogP contribution in [-0.4, -0.2) is 25.2 Å². The first kappa shape index (κ1) is 15.5. The van der Waals surface area contributed by atoms with Crippen LogP contribution in [0.15, 0.2) is 29.3 Å². The lowest BCUT2D eigenvalue weighted by atomic mass is 10.1. The molecule has 0 amide bonds. The number of nitrogens with two attached hydrogens (primary N) is 1. The first-order valence-electron chi connectivity index (χ1n) is 6.43. The maximum atomic E-state index is 13.0. The maximum Gasteiger partial charge on any atom is 0.240 e. The molecular formula is C13H17FN4O2S. The highest BCUT2D eigenvalue weighted by Crippen LogP contribution is 2.16. The summed E-state index contributed by atoms with van der Waals surface area (Å²) >= 11 is 0. The third-order valence-electron chi connectivity index (χ3n) is 3.13. The largest absolute Gasteiger partial charge is 0.396 e. The average molecular weight is 312 g/mol. The van der Waals surface area contributed by atoms with Crippen LogP contribution in [0.5, 0.6) is 0 Å². The van der Waals surface area contributed by atoms with E-state index in [0.29, 0.717) is 6.42 Å². The molecule has 1 heterocycles. The van der Waals surface area contributed by atoms with E-state index in [1.165, 1.54) is 6.07 Å². The molecule has 114 valence electrons. The van der Waals surface area contributed by atoms with Crippen molar-refractivity contribution in [1.29, 1.82) is 0 Å². The van der Waals surface area contributed by atoms with Crippen molar-refractivity contribution < 1.29 is 12.8 Å². The fourth-order valence-corrected chi connectivity index (χ4v) is 2.99. The van der Waals surface area contributed by atoms with Gasteiger partial charge in [0.05, 0.1) is 16.8 Å². The minimum atomic E-state index is -3.67. The Morgan fingerprint density at radius 3 is 2.81 bits per heavy atom. The summed E-state index contributed by atoms with van der Waals surface area (Å²) in [6, 6.07) is 3.34. The Bertz CT molecular complexity index is 728. The average Bonchev–Trinajstić information content (AvgIpc) is 2.83. The van der Waals surface area contributed by atoms with E-state index in [1.807, 2.05) is 6.92 Å². The lowest BCUT2D eigenvalue weighted by Gasteiger charge is -2.07. The molecule has 0 atom stereocenters. The number of hydrogen-bond acceptors (Lipinski definition) is 4. The number of aryl methyl sites for hydroxylation is 2. The van der Waals surface area contributed by atoms with Crippen LogP contribution in [0.25, 0.3) is 0 Å². The van der Waals surface area contributed by atoms with Gasteiger partial charge in [0.1, 0.15) is 5.82 Å². The van der Waals surface area contributed by atoms with Gasteiger partial charge in [-0.3, -0.25) is 5.10 Å². The number of anilines is 1. The summed E-state index contributed by atoms with van der Waals surface area (Å²) in [5.74, 6) is -0.635. The number of sulfonamides is 1. The maximum absolute atomic E-state index is 13.0. The highest BCUT2D eigenvalue weighted by molar-refractivity contribution is 7.89. The number of hydrogen-bond donors (Lipinski definition) is 3. The second-order valence-corrected chi connectivity index (χ2v) is 6.47. The number of aromatic nitrogens is 2. The number of nitrogens with zero attached hydrogens (tertiary/aromatic N) is 1. The Morgan fingerprint density at radius 2 is 2.19 bits per heavy atom. The summed E-state index contributed by atoms with van der Waals surface area (Å²) in [7, 11) is -3.67. The normalized spacial score (nSPS) is 11.7. The van der Waals surface area contributed by atoms with Crippen LogP contribution in [0, 0.1) is 12.7 Å². The van der Waals surface area contributed by atoms with Crippen molar-refractivity contribution in [2.24, 2.45) is 0 Å². The topological polar surface area (TPSA) is 101 Å². The lowest BCUT2D eigenvalue weighted by molar-refractivity contribution is 0.578. The molecule has 6 nitrogen and oxygen atoms in total. The molecule has 0 saturated heterocycles. The van der Waals surface area contributed by atoms with Gasteiger partial charge in [-0.2, -0.15) is 5.10 Å². The molecule has 2 aromatic rings. The third-order valence-corrected chi connectivity index (χ3v) is 4.59. The zero-order valence-corrected chi connectivity index (χ0v) is 12.4. The van der Waals surface area contributed by atoms with E-state index < -0.39 is 15.8 Å². The molecule has 0 unspecified atom stereocenters. The molecule has 0 bridgehead atoms. The van der Waals surface area contributed by atoms with Crippen molar-refractivity contribution in [2.75, 3.05) is 12.3 Å². The standard InChI is InChI=1S/C13H17FN4O2S/c1-9-10(8-16-18-9)3-2-6-17-21(19,20)11-4-5-12(14)13(15)7-11/h4-5,7-8,17H,2-3,6,15H2,1H3,(H,16,18). The van der Waals surface area contributed by atoms with E-state index in [4.69, 9.17) is 5.73 Å². The first-order chi connectivity index (χ1) is 9.90. The zero-order chi connectivity index (χ0) is 15.5. The first-order valence-corrected chi connectivity index (χ1v) is 7.92. The fourth-order valence-electron chi connectivity index (χ4n) is 1.89. The van der Waals surface area contributed by atoms with Crippen LogP contribution >= 0.6 is 0 Å². The number of H-pyrrole nitrogens is 1. The van der Waals surface area contributed by atoms with Gasteiger partial charge in [-0.05, 0) is 43.5 Å². The molecule has 0 spiro atoms. The summed E-state index contributed by atoms with van der Waals surface area (Å²) in [6.07, 6.45) is 3.08. The van der Waals surface area contributed by atoms with Crippen molar-refractivity contribution in [2.45, 2.75) is 24.7 Å². The second kappa shape index (κ2) is 6.23. The van der Waals surface area contributed by atoms with E-state index in [2.05, 4.69) is 14.9 Å². The van der Waals surface area contributed by atoms with Crippen LogP contribution in [0.2, 0.25) is 0 Å². The van der Waals surface area contributed by atoms with Crippen molar-refractivity contribution in [3.8, 4) is 0 Å². The van der Waals surface area contributed by atoms with Gasteiger partial charge in [-0.1, -0.05) is 0 Å². The van der Waals surface area contributed by atoms with Gasteiger partial charge in [0, 0.05) is 12.2 Å².